The number of guanidine groups is 1. The number of benzene rings is 1. The van der Waals surface area contributed by atoms with E-state index in [-0.39, 0.29) is 24.0 Å². The third kappa shape index (κ3) is 6.34. The second-order valence-electron chi connectivity index (χ2n) is 5.93. The molecule has 0 bridgehead atoms. The monoisotopic (exact) mass is 455 g/mol. The summed E-state index contributed by atoms with van der Waals surface area (Å²) in [6, 6.07) is 6.39. The Hall–Kier alpha value is -1.57. The lowest BCUT2D eigenvalue weighted by Crippen LogP contribution is -2.24. The Morgan fingerprint density at radius 3 is 2.44 bits per heavy atom. The first-order chi connectivity index (χ1) is 11.7. The molecule has 0 atom stereocenters. The summed E-state index contributed by atoms with van der Waals surface area (Å²) in [7, 11) is 0. The lowest BCUT2D eigenvalue weighted by Gasteiger charge is -2.14. The van der Waals surface area contributed by atoms with Crippen LogP contribution in [-0.2, 0) is 19.4 Å². The minimum Gasteiger partial charge on any atom is -0.370 e. The standard InChI is InChI=1S/C19H29N5.HI/c1-4-16-9-8-10-17(5-2)18(16)23-19(20)22-11-6-7-13-24-14-12-21-15(24)3;/h8-10,12,14H,4-7,11,13H2,1-3H3,(H3,20,22,23);1H. The van der Waals surface area contributed by atoms with Gasteiger partial charge in [0.15, 0.2) is 5.96 Å². The topological polar surface area (TPSA) is 68.2 Å². The van der Waals surface area contributed by atoms with Crippen molar-refractivity contribution in [1.29, 1.82) is 0 Å². The molecule has 0 aliphatic carbocycles. The summed E-state index contributed by atoms with van der Waals surface area (Å²) >= 11 is 0. The van der Waals surface area contributed by atoms with Crippen molar-refractivity contribution in [3.05, 3.63) is 47.5 Å². The number of aryl methyl sites for hydroxylation is 4. The molecule has 0 spiro atoms. The van der Waals surface area contributed by atoms with Gasteiger partial charge >= 0.3 is 0 Å². The Balaban J connectivity index is 0.00000312. The van der Waals surface area contributed by atoms with Crippen molar-refractivity contribution < 1.29 is 0 Å². The molecule has 0 saturated carbocycles. The smallest absolute Gasteiger partial charge is 0.193 e. The molecule has 0 unspecified atom stereocenters. The largest absolute Gasteiger partial charge is 0.370 e. The van der Waals surface area contributed by atoms with Crippen molar-refractivity contribution >= 4 is 35.6 Å². The first-order valence-electron chi connectivity index (χ1n) is 8.81. The van der Waals surface area contributed by atoms with Crippen LogP contribution in [0.5, 0.6) is 0 Å². The van der Waals surface area contributed by atoms with Gasteiger partial charge in [-0.3, -0.25) is 4.99 Å². The van der Waals surface area contributed by atoms with Crippen LogP contribution in [0.4, 0.5) is 5.69 Å². The minimum absolute atomic E-state index is 0. The Morgan fingerprint density at radius 2 is 1.88 bits per heavy atom. The number of unbranched alkanes of at least 4 members (excludes halogenated alkanes) is 1. The van der Waals surface area contributed by atoms with E-state index in [4.69, 9.17) is 5.73 Å². The van der Waals surface area contributed by atoms with Gasteiger partial charge in [0.25, 0.3) is 0 Å². The van der Waals surface area contributed by atoms with Crippen molar-refractivity contribution in [2.45, 2.75) is 53.0 Å². The number of hydrogen-bond donors (Lipinski definition) is 2. The number of aliphatic imine (C=N–C) groups is 1. The molecule has 1 aromatic heterocycles. The van der Waals surface area contributed by atoms with Gasteiger partial charge in [-0.05, 0) is 43.7 Å². The summed E-state index contributed by atoms with van der Waals surface area (Å²) < 4.78 is 2.16. The molecule has 138 valence electrons. The second kappa shape index (κ2) is 11.1. The van der Waals surface area contributed by atoms with E-state index in [1.54, 1.807) is 0 Å². The van der Waals surface area contributed by atoms with Crippen molar-refractivity contribution in [3.63, 3.8) is 0 Å². The summed E-state index contributed by atoms with van der Waals surface area (Å²) in [5.74, 6) is 1.56. The number of halogens is 1. The normalized spacial score (nSPS) is 11.2. The number of nitrogens with zero attached hydrogens (tertiary/aromatic N) is 3. The minimum atomic E-state index is 0. The first kappa shape index (κ1) is 21.5. The van der Waals surface area contributed by atoms with E-state index in [9.17, 15) is 0 Å². The fraction of sp³-hybridized carbons (Fsp3) is 0.474. The lowest BCUT2D eigenvalue weighted by atomic mass is 10.0. The van der Waals surface area contributed by atoms with Gasteiger partial charge in [-0.15, -0.1) is 24.0 Å². The summed E-state index contributed by atoms with van der Waals surface area (Å²) in [5, 5.41) is 3.31. The van der Waals surface area contributed by atoms with Crippen molar-refractivity contribution in [3.8, 4) is 0 Å². The van der Waals surface area contributed by atoms with E-state index >= 15 is 0 Å². The molecule has 0 aliphatic rings. The van der Waals surface area contributed by atoms with Crippen LogP contribution in [0, 0.1) is 6.92 Å². The van der Waals surface area contributed by atoms with Gasteiger partial charge in [0.2, 0.25) is 0 Å². The number of nitrogens with one attached hydrogen (secondary N) is 1. The number of aromatic nitrogens is 2. The second-order valence-corrected chi connectivity index (χ2v) is 5.93. The number of anilines is 1. The molecule has 0 radical (unpaired) electrons. The molecule has 0 fully saturated rings. The van der Waals surface area contributed by atoms with E-state index < -0.39 is 0 Å². The van der Waals surface area contributed by atoms with Crippen LogP contribution in [0.2, 0.25) is 0 Å². The third-order valence-corrected chi connectivity index (χ3v) is 4.26. The summed E-state index contributed by atoms with van der Waals surface area (Å²) in [6.45, 7) is 8.06. The van der Waals surface area contributed by atoms with Crippen LogP contribution in [0.3, 0.4) is 0 Å². The van der Waals surface area contributed by atoms with Gasteiger partial charge in [-0.1, -0.05) is 32.0 Å². The Kier molecular flexibility index (Phi) is 9.55. The maximum atomic E-state index is 6.08. The zero-order chi connectivity index (χ0) is 17.4. The van der Waals surface area contributed by atoms with Gasteiger partial charge in [0.05, 0.1) is 0 Å². The van der Waals surface area contributed by atoms with Gasteiger partial charge in [0.1, 0.15) is 5.82 Å². The van der Waals surface area contributed by atoms with E-state index in [1.165, 1.54) is 11.1 Å². The number of nitrogens with two attached hydrogens (primary N) is 1. The van der Waals surface area contributed by atoms with E-state index in [2.05, 4.69) is 51.9 Å². The van der Waals surface area contributed by atoms with Crippen molar-refractivity contribution in [2.24, 2.45) is 10.7 Å². The predicted molar refractivity (Wildman–Crippen MR) is 117 cm³/mol. The molecule has 3 N–H and O–H groups in total. The van der Waals surface area contributed by atoms with Crippen LogP contribution in [-0.4, -0.2) is 22.1 Å². The average Bonchev–Trinajstić information content (AvgIpc) is 2.99. The molecule has 2 rings (SSSR count). The van der Waals surface area contributed by atoms with Crippen LogP contribution in [0.15, 0.2) is 35.6 Å². The van der Waals surface area contributed by atoms with Gasteiger partial charge in [-0.25, -0.2) is 4.98 Å². The molecular weight excluding hydrogens is 425 g/mol. The summed E-state index contributed by atoms with van der Waals surface area (Å²) in [4.78, 5) is 8.70. The lowest BCUT2D eigenvalue weighted by molar-refractivity contribution is 0.602. The van der Waals surface area contributed by atoms with E-state index in [1.807, 2.05) is 19.3 Å². The molecule has 25 heavy (non-hydrogen) atoms. The van der Waals surface area contributed by atoms with Crippen LogP contribution in [0.1, 0.15) is 43.6 Å². The molecule has 6 heteroatoms. The van der Waals surface area contributed by atoms with Crippen molar-refractivity contribution in [1.82, 2.24) is 9.55 Å². The highest BCUT2D eigenvalue weighted by atomic mass is 127. The Morgan fingerprint density at radius 1 is 1.20 bits per heavy atom. The molecule has 2 aromatic rings. The Bertz CT molecular complexity index is 656. The third-order valence-electron chi connectivity index (χ3n) is 4.26. The summed E-state index contributed by atoms with van der Waals surface area (Å²) in [6.07, 6.45) is 7.89. The van der Waals surface area contributed by atoms with Gasteiger partial charge < -0.3 is 15.6 Å². The zero-order valence-corrected chi connectivity index (χ0v) is 17.8. The van der Waals surface area contributed by atoms with Crippen molar-refractivity contribution in [2.75, 3.05) is 11.9 Å². The number of para-hydroxylation sites is 1. The van der Waals surface area contributed by atoms with Crippen LogP contribution in [0.25, 0.3) is 0 Å². The maximum Gasteiger partial charge on any atom is 0.193 e. The quantitative estimate of drug-likeness (QED) is 0.272. The van der Waals surface area contributed by atoms with E-state index in [0.717, 1.165) is 50.3 Å². The molecule has 0 amide bonds. The SMILES string of the molecule is CCc1cccc(CC)c1NC(N)=NCCCCn1ccnc1C.I. The van der Waals surface area contributed by atoms with Crippen LogP contribution < -0.4 is 11.1 Å². The van der Waals surface area contributed by atoms with Crippen LogP contribution >= 0.6 is 24.0 Å². The van der Waals surface area contributed by atoms with E-state index in [0.29, 0.717) is 5.96 Å². The average molecular weight is 455 g/mol. The molecule has 1 heterocycles. The first-order valence-corrected chi connectivity index (χ1v) is 8.81. The molecular formula is C19H30IN5. The Labute approximate surface area is 168 Å². The zero-order valence-electron chi connectivity index (χ0n) is 15.5. The highest BCUT2D eigenvalue weighted by molar-refractivity contribution is 14.0. The fourth-order valence-corrected chi connectivity index (χ4v) is 2.80. The molecule has 0 aliphatic heterocycles. The fourth-order valence-electron chi connectivity index (χ4n) is 2.80. The molecule has 1 aromatic carbocycles. The predicted octanol–water partition coefficient (Wildman–Crippen LogP) is 4.14. The van der Waals surface area contributed by atoms with Gasteiger partial charge in [-0.2, -0.15) is 0 Å². The summed E-state index contributed by atoms with van der Waals surface area (Å²) in [5.41, 5.74) is 9.76. The highest BCUT2D eigenvalue weighted by Gasteiger charge is 2.06. The number of rotatable bonds is 8. The number of imidazole rings is 1. The number of hydrogen-bond acceptors (Lipinski definition) is 2. The maximum absolute atomic E-state index is 6.08. The highest BCUT2D eigenvalue weighted by Crippen LogP contribution is 2.22. The molecule has 0 saturated heterocycles. The van der Waals surface area contributed by atoms with Gasteiger partial charge in [0, 0.05) is 31.2 Å². The molecule has 5 nitrogen and oxygen atoms in total.